The van der Waals surface area contributed by atoms with Gasteiger partial charge in [0.15, 0.2) is 0 Å². The number of sulfonamides is 2. The van der Waals surface area contributed by atoms with Gasteiger partial charge < -0.3 is 5.32 Å². The van der Waals surface area contributed by atoms with Gasteiger partial charge in [0.05, 0.1) is 22.0 Å². The summed E-state index contributed by atoms with van der Waals surface area (Å²) in [4.78, 5) is 11.5. The third-order valence-electron chi connectivity index (χ3n) is 4.03. The van der Waals surface area contributed by atoms with Gasteiger partial charge >= 0.3 is 0 Å². The first-order chi connectivity index (χ1) is 12.7. The van der Waals surface area contributed by atoms with Crippen molar-refractivity contribution >= 4 is 31.6 Å². The van der Waals surface area contributed by atoms with Gasteiger partial charge in [-0.2, -0.15) is 4.31 Å². The average Bonchev–Trinajstić information content (AvgIpc) is 2.61. The summed E-state index contributed by atoms with van der Waals surface area (Å²) in [5.41, 5.74) is 0.914. The zero-order valence-corrected chi connectivity index (χ0v) is 16.2. The molecule has 3 rings (SSSR count). The maximum Gasteiger partial charge on any atom is 0.261 e. The van der Waals surface area contributed by atoms with Crippen LogP contribution in [0, 0.1) is 6.92 Å². The normalized spacial score (nSPS) is 16.0. The van der Waals surface area contributed by atoms with E-state index in [1.54, 1.807) is 19.1 Å². The molecule has 0 saturated carbocycles. The molecule has 2 N–H and O–H groups in total. The van der Waals surface area contributed by atoms with Crippen molar-refractivity contribution in [3.05, 3.63) is 54.1 Å². The number of carbonyl (C=O) groups is 1. The molecular weight excluding hydrogens is 390 g/mol. The molecule has 10 heteroatoms. The summed E-state index contributed by atoms with van der Waals surface area (Å²) in [7, 11) is -7.76. The van der Waals surface area contributed by atoms with E-state index in [2.05, 4.69) is 10.0 Å². The molecule has 1 saturated heterocycles. The summed E-state index contributed by atoms with van der Waals surface area (Å²) in [6.07, 6.45) is 0. The van der Waals surface area contributed by atoms with E-state index in [0.29, 0.717) is 0 Å². The molecule has 0 unspecified atom stereocenters. The fourth-order valence-electron chi connectivity index (χ4n) is 2.69. The number of amides is 1. The SMILES string of the molecule is Cc1cccc(S(=O)(=O)Nc2cccc(S(=O)(=O)N3CCNC(=O)C3)c2)c1. The van der Waals surface area contributed by atoms with Crippen molar-refractivity contribution in [1.29, 1.82) is 0 Å². The van der Waals surface area contributed by atoms with Gasteiger partial charge in [-0.3, -0.25) is 9.52 Å². The molecule has 1 amide bonds. The molecular formula is C17H19N3O5S2. The zero-order chi connectivity index (χ0) is 19.7. The molecule has 1 fully saturated rings. The first-order valence-corrected chi connectivity index (χ1v) is 11.1. The molecule has 0 aromatic heterocycles. The van der Waals surface area contributed by atoms with Gasteiger partial charge in [-0.1, -0.05) is 18.2 Å². The highest BCUT2D eigenvalue weighted by Gasteiger charge is 2.29. The van der Waals surface area contributed by atoms with E-state index in [-0.39, 0.29) is 41.0 Å². The average molecular weight is 409 g/mol. The molecule has 0 atom stereocenters. The van der Waals surface area contributed by atoms with E-state index in [1.165, 1.54) is 36.4 Å². The minimum absolute atomic E-state index is 0.0818. The van der Waals surface area contributed by atoms with Crippen molar-refractivity contribution in [3.8, 4) is 0 Å². The lowest BCUT2D eigenvalue weighted by Crippen LogP contribution is -2.49. The van der Waals surface area contributed by atoms with Gasteiger partial charge in [0, 0.05) is 13.1 Å². The number of nitrogens with one attached hydrogen (secondary N) is 2. The standard InChI is InChI=1S/C17H19N3O5S2/c1-13-4-2-6-15(10-13)26(22,23)19-14-5-3-7-16(11-14)27(24,25)20-9-8-18-17(21)12-20/h2-7,10-11,19H,8-9,12H2,1H3,(H,18,21). The molecule has 2 aromatic rings. The fraction of sp³-hybridized carbons (Fsp3) is 0.235. The maximum atomic E-state index is 12.7. The highest BCUT2D eigenvalue weighted by molar-refractivity contribution is 7.92. The predicted octanol–water partition coefficient (Wildman–Crippen LogP) is 0.916. The quantitative estimate of drug-likeness (QED) is 0.762. The van der Waals surface area contributed by atoms with E-state index in [0.717, 1.165) is 9.87 Å². The predicted molar refractivity (Wildman–Crippen MR) is 100 cm³/mol. The lowest BCUT2D eigenvalue weighted by atomic mass is 10.2. The summed E-state index contributed by atoms with van der Waals surface area (Å²) in [5.74, 6) is -0.374. The van der Waals surface area contributed by atoms with E-state index in [9.17, 15) is 21.6 Å². The van der Waals surface area contributed by atoms with Crippen molar-refractivity contribution in [2.24, 2.45) is 0 Å². The second-order valence-electron chi connectivity index (χ2n) is 6.14. The van der Waals surface area contributed by atoms with E-state index in [4.69, 9.17) is 0 Å². The Morgan fingerprint density at radius 3 is 2.41 bits per heavy atom. The Hall–Kier alpha value is -2.43. The number of piperazine rings is 1. The van der Waals surface area contributed by atoms with Crippen LogP contribution in [0.15, 0.2) is 58.3 Å². The summed E-state index contributed by atoms with van der Waals surface area (Å²) < 4.78 is 54.0. The summed E-state index contributed by atoms with van der Waals surface area (Å²) in [5, 5.41) is 2.56. The number of aryl methyl sites for hydroxylation is 1. The van der Waals surface area contributed by atoms with Gasteiger partial charge in [-0.05, 0) is 42.8 Å². The van der Waals surface area contributed by atoms with Crippen molar-refractivity contribution in [2.45, 2.75) is 16.7 Å². The molecule has 0 aliphatic carbocycles. The van der Waals surface area contributed by atoms with Gasteiger partial charge in [0.1, 0.15) is 0 Å². The number of hydrogen-bond donors (Lipinski definition) is 2. The van der Waals surface area contributed by atoms with Crippen LogP contribution in [0.1, 0.15) is 5.56 Å². The van der Waals surface area contributed by atoms with Crippen LogP contribution in [-0.2, 0) is 24.8 Å². The van der Waals surface area contributed by atoms with Crippen LogP contribution in [0.3, 0.4) is 0 Å². The topological polar surface area (TPSA) is 113 Å². The first-order valence-electron chi connectivity index (χ1n) is 8.15. The van der Waals surface area contributed by atoms with Crippen LogP contribution in [0.2, 0.25) is 0 Å². The number of rotatable bonds is 5. The molecule has 1 heterocycles. The Morgan fingerprint density at radius 2 is 1.70 bits per heavy atom. The van der Waals surface area contributed by atoms with Crippen LogP contribution in [0.5, 0.6) is 0 Å². The Balaban J connectivity index is 1.88. The monoisotopic (exact) mass is 409 g/mol. The zero-order valence-electron chi connectivity index (χ0n) is 14.5. The minimum Gasteiger partial charge on any atom is -0.354 e. The molecule has 8 nitrogen and oxygen atoms in total. The Morgan fingerprint density at radius 1 is 1.00 bits per heavy atom. The molecule has 0 spiro atoms. The Labute approximate surface area is 158 Å². The molecule has 2 aromatic carbocycles. The van der Waals surface area contributed by atoms with E-state index in [1.807, 2.05) is 0 Å². The van der Waals surface area contributed by atoms with Crippen LogP contribution in [0.4, 0.5) is 5.69 Å². The maximum absolute atomic E-state index is 12.7. The number of nitrogens with zero attached hydrogens (tertiary/aromatic N) is 1. The second-order valence-corrected chi connectivity index (χ2v) is 9.76. The minimum atomic E-state index is -3.91. The molecule has 0 radical (unpaired) electrons. The number of benzene rings is 2. The molecule has 144 valence electrons. The van der Waals surface area contributed by atoms with Gasteiger partial charge in [0.25, 0.3) is 10.0 Å². The number of anilines is 1. The second kappa shape index (κ2) is 7.29. The number of hydrogen-bond acceptors (Lipinski definition) is 5. The highest BCUT2D eigenvalue weighted by atomic mass is 32.2. The van der Waals surface area contributed by atoms with Crippen LogP contribution < -0.4 is 10.0 Å². The summed E-state index contributed by atoms with van der Waals surface area (Å²) in [6, 6.07) is 11.9. The lowest BCUT2D eigenvalue weighted by molar-refractivity contribution is -0.122. The van der Waals surface area contributed by atoms with Crippen LogP contribution >= 0.6 is 0 Å². The molecule has 0 bridgehead atoms. The molecule has 1 aliphatic rings. The van der Waals surface area contributed by atoms with Crippen molar-refractivity contribution in [1.82, 2.24) is 9.62 Å². The largest absolute Gasteiger partial charge is 0.354 e. The fourth-order valence-corrected chi connectivity index (χ4v) is 5.28. The van der Waals surface area contributed by atoms with Crippen LogP contribution in [0.25, 0.3) is 0 Å². The van der Waals surface area contributed by atoms with Crippen molar-refractivity contribution in [3.63, 3.8) is 0 Å². The highest BCUT2D eigenvalue weighted by Crippen LogP contribution is 2.22. The third-order valence-corrected chi connectivity index (χ3v) is 7.25. The smallest absolute Gasteiger partial charge is 0.261 e. The molecule has 1 aliphatic heterocycles. The van der Waals surface area contributed by atoms with Crippen LogP contribution in [-0.4, -0.2) is 46.7 Å². The molecule has 27 heavy (non-hydrogen) atoms. The van der Waals surface area contributed by atoms with E-state index >= 15 is 0 Å². The number of carbonyl (C=O) groups excluding carboxylic acids is 1. The van der Waals surface area contributed by atoms with Crippen molar-refractivity contribution in [2.75, 3.05) is 24.4 Å². The Bertz CT molecular complexity index is 1080. The van der Waals surface area contributed by atoms with E-state index < -0.39 is 20.0 Å². The lowest BCUT2D eigenvalue weighted by Gasteiger charge is -2.26. The van der Waals surface area contributed by atoms with Crippen molar-refractivity contribution < 1.29 is 21.6 Å². The van der Waals surface area contributed by atoms with Gasteiger partial charge in [-0.25, -0.2) is 16.8 Å². The third kappa shape index (κ3) is 4.29. The van der Waals surface area contributed by atoms with Gasteiger partial charge in [0.2, 0.25) is 15.9 Å². The summed E-state index contributed by atoms with van der Waals surface area (Å²) >= 11 is 0. The summed E-state index contributed by atoms with van der Waals surface area (Å²) in [6.45, 7) is 1.91. The Kier molecular flexibility index (Phi) is 5.22. The van der Waals surface area contributed by atoms with Gasteiger partial charge in [-0.15, -0.1) is 0 Å². The first kappa shape index (κ1) is 19.3.